The van der Waals surface area contributed by atoms with Crippen molar-refractivity contribution in [1.29, 1.82) is 0 Å². The highest BCUT2D eigenvalue weighted by Gasteiger charge is 2.00. The summed E-state index contributed by atoms with van der Waals surface area (Å²) in [6.45, 7) is 0. The van der Waals surface area contributed by atoms with E-state index >= 15 is 0 Å². The van der Waals surface area contributed by atoms with Crippen LogP contribution in [-0.4, -0.2) is 6.30 Å². The molecular formula is C5H5BrFN. The van der Waals surface area contributed by atoms with E-state index in [0.29, 0.717) is 0 Å². The maximum Gasteiger partial charge on any atom is 0.188 e. The Labute approximate surface area is 55.4 Å². The second-order valence-corrected chi connectivity index (χ2v) is 2.37. The van der Waals surface area contributed by atoms with Gasteiger partial charge >= 0.3 is 0 Å². The first-order valence-corrected chi connectivity index (χ1v) is 3.02. The molecule has 0 radical (unpaired) electrons. The van der Waals surface area contributed by atoms with Crippen LogP contribution in [0.25, 0.3) is 0 Å². The lowest BCUT2D eigenvalue weighted by Crippen LogP contribution is -2.18. The van der Waals surface area contributed by atoms with Gasteiger partial charge in [0.25, 0.3) is 0 Å². The Morgan fingerprint density at radius 2 is 2.50 bits per heavy atom. The normalized spacial score (nSPS) is 26.8. The number of rotatable bonds is 0. The van der Waals surface area contributed by atoms with Gasteiger partial charge in [0.15, 0.2) is 6.30 Å². The summed E-state index contributed by atoms with van der Waals surface area (Å²) in [5, 5.41) is 2.47. The largest absolute Gasteiger partial charge is 0.358 e. The van der Waals surface area contributed by atoms with Crippen LogP contribution >= 0.6 is 15.9 Å². The van der Waals surface area contributed by atoms with E-state index in [1.807, 2.05) is 0 Å². The van der Waals surface area contributed by atoms with E-state index in [1.165, 1.54) is 6.08 Å². The summed E-state index contributed by atoms with van der Waals surface area (Å²) in [5.74, 6) is 0. The van der Waals surface area contributed by atoms with Crippen molar-refractivity contribution in [3.05, 3.63) is 22.8 Å². The van der Waals surface area contributed by atoms with Crippen LogP contribution in [0.3, 0.4) is 0 Å². The Balaban J connectivity index is 2.58. The van der Waals surface area contributed by atoms with Gasteiger partial charge in [-0.2, -0.15) is 0 Å². The number of hydrogen-bond acceptors (Lipinski definition) is 1. The fourth-order valence-electron chi connectivity index (χ4n) is 0.439. The molecule has 0 aliphatic carbocycles. The molecule has 1 nitrogen and oxygen atoms in total. The second-order valence-electron chi connectivity index (χ2n) is 1.46. The van der Waals surface area contributed by atoms with Gasteiger partial charge in [-0.1, -0.05) is 0 Å². The van der Waals surface area contributed by atoms with Gasteiger partial charge in [0.1, 0.15) is 0 Å². The van der Waals surface area contributed by atoms with Gasteiger partial charge in [0.2, 0.25) is 0 Å². The lowest BCUT2D eigenvalue weighted by atomic mass is 10.4. The Bertz CT molecular complexity index is 141. The van der Waals surface area contributed by atoms with Crippen molar-refractivity contribution in [3.8, 4) is 0 Å². The highest BCUT2D eigenvalue weighted by Crippen LogP contribution is 2.09. The van der Waals surface area contributed by atoms with Crippen LogP contribution in [0.5, 0.6) is 0 Å². The monoisotopic (exact) mass is 177 g/mol. The summed E-state index contributed by atoms with van der Waals surface area (Å²) < 4.78 is 13.0. The average molecular weight is 178 g/mol. The first-order valence-electron chi connectivity index (χ1n) is 2.23. The molecule has 44 valence electrons. The zero-order valence-corrected chi connectivity index (χ0v) is 5.65. The van der Waals surface area contributed by atoms with Crippen LogP contribution in [0.1, 0.15) is 0 Å². The summed E-state index contributed by atoms with van der Waals surface area (Å²) in [7, 11) is 0. The van der Waals surface area contributed by atoms with Crippen LogP contribution in [0.4, 0.5) is 4.39 Å². The molecule has 1 unspecified atom stereocenters. The fraction of sp³-hybridized carbons (Fsp3) is 0.200. The zero-order valence-electron chi connectivity index (χ0n) is 4.07. The number of halogens is 2. The lowest BCUT2D eigenvalue weighted by Gasteiger charge is -2.06. The van der Waals surface area contributed by atoms with E-state index in [0.717, 1.165) is 4.48 Å². The minimum Gasteiger partial charge on any atom is -0.358 e. The third-order valence-corrected chi connectivity index (χ3v) is 1.30. The number of alkyl halides is 1. The van der Waals surface area contributed by atoms with E-state index in [1.54, 1.807) is 12.3 Å². The molecule has 0 saturated heterocycles. The van der Waals surface area contributed by atoms with E-state index in [4.69, 9.17) is 0 Å². The van der Waals surface area contributed by atoms with Crippen LogP contribution < -0.4 is 5.32 Å². The van der Waals surface area contributed by atoms with Gasteiger partial charge in [-0.15, -0.1) is 0 Å². The van der Waals surface area contributed by atoms with Gasteiger partial charge in [-0.25, -0.2) is 4.39 Å². The smallest absolute Gasteiger partial charge is 0.188 e. The molecule has 1 aliphatic heterocycles. The molecule has 0 fully saturated rings. The van der Waals surface area contributed by atoms with Gasteiger partial charge < -0.3 is 5.32 Å². The summed E-state index contributed by atoms with van der Waals surface area (Å²) in [4.78, 5) is 0. The first kappa shape index (κ1) is 5.82. The molecule has 8 heavy (non-hydrogen) atoms. The third-order valence-electron chi connectivity index (χ3n) is 0.805. The molecule has 1 N–H and O–H groups in total. The van der Waals surface area contributed by atoms with Gasteiger partial charge in [-0.3, -0.25) is 0 Å². The highest BCUT2D eigenvalue weighted by atomic mass is 79.9. The molecular weight excluding hydrogens is 173 g/mol. The van der Waals surface area contributed by atoms with Crippen LogP contribution in [-0.2, 0) is 0 Å². The minimum atomic E-state index is -1.02. The van der Waals surface area contributed by atoms with Crippen LogP contribution in [0, 0.1) is 0 Å². The molecule has 1 rings (SSSR count). The molecule has 0 spiro atoms. The molecule has 1 atom stereocenters. The highest BCUT2D eigenvalue weighted by molar-refractivity contribution is 9.11. The number of dihydropyridines is 1. The van der Waals surface area contributed by atoms with Crippen LogP contribution in [0.2, 0.25) is 0 Å². The minimum absolute atomic E-state index is 0.867. The Hall–Kier alpha value is -0.310. The predicted octanol–water partition coefficient (Wildman–Crippen LogP) is 1.68. The molecule has 0 amide bonds. The Morgan fingerprint density at radius 1 is 1.75 bits per heavy atom. The van der Waals surface area contributed by atoms with Gasteiger partial charge in [0, 0.05) is 10.7 Å². The summed E-state index contributed by atoms with van der Waals surface area (Å²) >= 11 is 3.16. The molecule has 1 heterocycles. The number of allylic oxidation sites excluding steroid dienone is 2. The second kappa shape index (κ2) is 2.31. The lowest BCUT2D eigenvalue weighted by molar-refractivity contribution is 0.364. The predicted molar refractivity (Wildman–Crippen MR) is 34.2 cm³/mol. The quantitative estimate of drug-likeness (QED) is 0.556. The molecule has 1 aliphatic rings. The SMILES string of the molecule is FC1C=CC(Br)=CN1. The standard InChI is InChI=1S/C5H5BrFN/c6-4-1-2-5(7)8-3-4/h1-3,5,8H. The van der Waals surface area contributed by atoms with Gasteiger partial charge in [-0.05, 0) is 28.1 Å². The molecule has 0 aromatic carbocycles. The summed E-state index contributed by atoms with van der Waals surface area (Å²) in [6, 6.07) is 0. The van der Waals surface area contributed by atoms with Crippen LogP contribution in [0.15, 0.2) is 22.8 Å². The van der Waals surface area contributed by atoms with Crippen molar-refractivity contribution >= 4 is 15.9 Å². The summed E-state index contributed by atoms with van der Waals surface area (Å²) in [5.41, 5.74) is 0. The van der Waals surface area contributed by atoms with Gasteiger partial charge in [0.05, 0.1) is 0 Å². The fourth-order valence-corrected chi connectivity index (χ4v) is 0.724. The Kier molecular flexibility index (Phi) is 1.68. The molecule has 0 aromatic heterocycles. The molecule has 0 aromatic rings. The van der Waals surface area contributed by atoms with Crippen molar-refractivity contribution in [2.75, 3.05) is 0 Å². The first-order chi connectivity index (χ1) is 3.79. The average Bonchev–Trinajstić information content (AvgIpc) is 1.77. The Morgan fingerprint density at radius 3 is 2.88 bits per heavy atom. The number of hydrogen-bond donors (Lipinski definition) is 1. The van der Waals surface area contributed by atoms with Crippen molar-refractivity contribution < 1.29 is 4.39 Å². The van der Waals surface area contributed by atoms with E-state index in [2.05, 4.69) is 21.2 Å². The van der Waals surface area contributed by atoms with E-state index in [9.17, 15) is 4.39 Å². The van der Waals surface area contributed by atoms with Crippen molar-refractivity contribution in [1.82, 2.24) is 5.32 Å². The third kappa shape index (κ3) is 1.33. The van der Waals surface area contributed by atoms with Crippen molar-refractivity contribution in [2.24, 2.45) is 0 Å². The van der Waals surface area contributed by atoms with E-state index < -0.39 is 6.30 Å². The van der Waals surface area contributed by atoms with Crippen molar-refractivity contribution in [3.63, 3.8) is 0 Å². The maximum atomic E-state index is 12.1. The molecule has 0 saturated carbocycles. The van der Waals surface area contributed by atoms with Crippen molar-refractivity contribution in [2.45, 2.75) is 6.30 Å². The topological polar surface area (TPSA) is 12.0 Å². The molecule has 3 heteroatoms. The maximum absolute atomic E-state index is 12.1. The zero-order chi connectivity index (χ0) is 5.98. The number of nitrogens with one attached hydrogen (secondary N) is 1. The molecule has 0 bridgehead atoms. The summed E-state index contributed by atoms with van der Waals surface area (Å²) in [6.07, 6.45) is 3.66. The van der Waals surface area contributed by atoms with E-state index in [-0.39, 0.29) is 0 Å².